The number of piperazine rings is 1. The Morgan fingerprint density at radius 3 is 1.96 bits per heavy atom. The Morgan fingerprint density at radius 2 is 1.37 bits per heavy atom. The van der Waals surface area contributed by atoms with E-state index in [0.717, 1.165) is 10.9 Å². The lowest BCUT2D eigenvalue weighted by molar-refractivity contribution is 0.00964. The zero-order chi connectivity index (χ0) is 36.4. The highest BCUT2D eigenvalue weighted by atomic mass is 32.2. The summed E-state index contributed by atoms with van der Waals surface area (Å²) in [4.78, 5) is 25.1. The second-order valence-corrected chi connectivity index (χ2v) is 17.1. The van der Waals surface area contributed by atoms with Gasteiger partial charge in [-0.15, -0.1) is 0 Å². The minimum atomic E-state index is -4.15. The number of amides is 1. The maximum atomic E-state index is 14.0. The second kappa shape index (κ2) is 14.5. The summed E-state index contributed by atoms with van der Waals surface area (Å²) in [5.74, 6) is 0.150. The smallest absolute Gasteiger partial charge is 0.410 e. The van der Waals surface area contributed by atoms with Crippen molar-refractivity contribution in [2.45, 2.75) is 48.6 Å². The molecule has 1 aliphatic rings. The Balaban J connectivity index is 1.22. The molecular formula is C37H41N5O7S2. The summed E-state index contributed by atoms with van der Waals surface area (Å²) >= 11 is 0. The van der Waals surface area contributed by atoms with Gasteiger partial charge in [0.15, 0.2) is 0 Å². The number of carbonyl (C=O) groups is 1. The number of likely N-dealkylation sites (N-methyl/N-ethyl adjacent to an activating group) is 1. The Bertz CT molecular complexity index is 2240. The Labute approximate surface area is 298 Å². The van der Waals surface area contributed by atoms with Crippen LogP contribution in [0.1, 0.15) is 26.3 Å². The van der Waals surface area contributed by atoms with Gasteiger partial charge in [-0.2, -0.15) is 12.7 Å². The fraction of sp³-hybridized carbons (Fsp3) is 0.324. The average molecular weight is 732 g/mol. The van der Waals surface area contributed by atoms with E-state index in [0.29, 0.717) is 48.8 Å². The maximum absolute atomic E-state index is 14.0. The number of hydrogen-bond acceptors (Lipinski definition) is 10. The van der Waals surface area contributed by atoms with Crippen molar-refractivity contribution in [3.63, 3.8) is 0 Å². The zero-order valence-electron chi connectivity index (χ0n) is 29.0. The van der Waals surface area contributed by atoms with Gasteiger partial charge in [0, 0.05) is 92.1 Å². The lowest BCUT2D eigenvalue weighted by Gasteiger charge is -2.40. The van der Waals surface area contributed by atoms with E-state index < -0.39 is 25.7 Å². The molecule has 1 aliphatic heterocycles. The monoisotopic (exact) mass is 731 g/mol. The van der Waals surface area contributed by atoms with E-state index in [9.17, 15) is 21.6 Å². The summed E-state index contributed by atoms with van der Waals surface area (Å²) in [6, 6.07) is 19.9. The Morgan fingerprint density at radius 1 is 0.804 bits per heavy atom. The van der Waals surface area contributed by atoms with E-state index in [4.69, 9.17) is 8.92 Å². The first-order valence-corrected chi connectivity index (χ1v) is 19.4. The molecule has 51 heavy (non-hydrogen) atoms. The second-order valence-electron chi connectivity index (χ2n) is 13.5. The molecule has 1 fully saturated rings. The first kappa shape index (κ1) is 36.2. The van der Waals surface area contributed by atoms with Gasteiger partial charge in [-0.25, -0.2) is 13.2 Å². The zero-order valence-corrected chi connectivity index (χ0v) is 30.6. The highest BCUT2D eigenvalue weighted by Crippen LogP contribution is 2.28. The van der Waals surface area contributed by atoms with E-state index in [1.807, 2.05) is 26.8 Å². The molecule has 5 aromatic rings. The predicted octanol–water partition coefficient (Wildman–Crippen LogP) is 5.34. The van der Waals surface area contributed by atoms with Gasteiger partial charge in [0.1, 0.15) is 16.2 Å². The van der Waals surface area contributed by atoms with Gasteiger partial charge in [0.25, 0.3) is 0 Å². The van der Waals surface area contributed by atoms with Crippen molar-refractivity contribution < 1.29 is 30.6 Å². The first-order valence-electron chi connectivity index (χ1n) is 16.6. The van der Waals surface area contributed by atoms with Crippen molar-refractivity contribution in [2.24, 2.45) is 0 Å². The fourth-order valence-corrected chi connectivity index (χ4v) is 8.79. The lowest BCUT2D eigenvalue weighted by atomic mass is 10.0. The SMILES string of the molecule is CN(CC(Cc1ccc(OS(=O)(=O)c2cccc3cnccc23)cc1)N1CCN(C(=O)OC(C)(C)C)CC1)S(=O)(=O)c1cccc2cnccc12. The molecule has 1 saturated heterocycles. The largest absolute Gasteiger partial charge is 0.444 e. The normalized spacial score (nSPS) is 15.3. The lowest BCUT2D eigenvalue weighted by Crippen LogP contribution is -2.55. The number of sulfonamides is 1. The molecule has 0 saturated carbocycles. The third-order valence-corrected chi connectivity index (χ3v) is 12.0. The Kier molecular flexibility index (Phi) is 10.3. The Hall–Kier alpha value is -4.63. The standard InChI is InChI=1S/C37H41N5O7S2/c1-37(2,3)48-36(43)42-21-19-41(20-22-42)30(26-40(4)50(44,45)34-9-5-7-28-24-38-17-15-32(28)34)23-27-11-13-31(14-12-27)49-51(46,47)35-10-6-8-29-25-39-18-16-33(29)35/h5-18,24-25,30H,19-23,26H2,1-4H3. The molecule has 6 rings (SSSR count). The highest BCUT2D eigenvalue weighted by Gasteiger charge is 2.32. The molecule has 2 aromatic heterocycles. The number of rotatable bonds is 10. The average Bonchev–Trinajstić information content (AvgIpc) is 3.10. The van der Waals surface area contributed by atoms with Crippen molar-refractivity contribution in [3.05, 3.63) is 103 Å². The highest BCUT2D eigenvalue weighted by molar-refractivity contribution is 7.89. The first-order chi connectivity index (χ1) is 24.2. The summed E-state index contributed by atoms with van der Waals surface area (Å²) in [6.07, 6.45) is 6.42. The van der Waals surface area contributed by atoms with Crippen LogP contribution in [0.4, 0.5) is 4.79 Å². The minimum absolute atomic E-state index is 0.0452. The number of hydrogen-bond donors (Lipinski definition) is 0. The molecule has 1 amide bonds. The molecule has 0 N–H and O–H groups in total. The molecule has 3 aromatic carbocycles. The molecule has 0 aliphatic carbocycles. The summed E-state index contributed by atoms with van der Waals surface area (Å²) < 4.78 is 67.1. The van der Waals surface area contributed by atoms with Crippen molar-refractivity contribution >= 4 is 47.8 Å². The van der Waals surface area contributed by atoms with E-state index >= 15 is 0 Å². The molecule has 268 valence electrons. The summed E-state index contributed by atoms with van der Waals surface area (Å²) in [5.41, 5.74) is 0.241. The molecule has 12 nitrogen and oxygen atoms in total. The fourth-order valence-electron chi connectivity index (χ4n) is 6.22. The molecule has 0 bridgehead atoms. The van der Waals surface area contributed by atoms with Gasteiger partial charge in [-0.05, 0) is 69.2 Å². The van der Waals surface area contributed by atoms with E-state index in [1.54, 1.807) is 91.2 Å². The summed E-state index contributed by atoms with van der Waals surface area (Å²) in [5, 5.41) is 2.51. The van der Waals surface area contributed by atoms with Gasteiger partial charge in [0.2, 0.25) is 10.0 Å². The quantitative estimate of drug-likeness (QED) is 0.173. The maximum Gasteiger partial charge on any atom is 0.410 e. The van der Waals surface area contributed by atoms with Gasteiger partial charge in [0.05, 0.1) is 4.90 Å². The van der Waals surface area contributed by atoms with Crippen molar-refractivity contribution in [2.75, 3.05) is 39.8 Å². The van der Waals surface area contributed by atoms with Crippen molar-refractivity contribution in [1.29, 1.82) is 0 Å². The van der Waals surface area contributed by atoms with E-state index in [1.165, 1.54) is 16.6 Å². The van der Waals surface area contributed by atoms with Crippen LogP contribution >= 0.6 is 0 Å². The van der Waals surface area contributed by atoms with Crippen molar-refractivity contribution in [3.8, 4) is 5.75 Å². The number of ether oxygens (including phenoxy) is 1. The molecule has 1 atom stereocenters. The third-order valence-electron chi connectivity index (χ3n) is 8.79. The molecule has 0 spiro atoms. The summed E-state index contributed by atoms with van der Waals surface area (Å²) in [7, 11) is -6.47. The van der Waals surface area contributed by atoms with Gasteiger partial charge in [-0.3, -0.25) is 14.9 Å². The van der Waals surface area contributed by atoms with Crippen LogP contribution in [0.5, 0.6) is 5.75 Å². The van der Waals surface area contributed by atoms with Crippen LogP contribution < -0.4 is 4.18 Å². The topological polar surface area (TPSA) is 139 Å². The van der Waals surface area contributed by atoms with Crippen LogP contribution in [0, 0.1) is 0 Å². The van der Waals surface area contributed by atoms with Crippen LogP contribution in [-0.2, 0) is 31.3 Å². The number of nitrogens with zero attached hydrogens (tertiary/aromatic N) is 5. The molecule has 14 heteroatoms. The number of carbonyl (C=O) groups excluding carboxylic acids is 1. The predicted molar refractivity (Wildman–Crippen MR) is 194 cm³/mol. The number of fused-ring (bicyclic) bond motifs is 2. The van der Waals surface area contributed by atoms with E-state index in [-0.39, 0.29) is 34.2 Å². The van der Waals surface area contributed by atoms with Gasteiger partial charge in [-0.1, -0.05) is 36.4 Å². The van der Waals surface area contributed by atoms with Crippen LogP contribution in [0.25, 0.3) is 21.5 Å². The van der Waals surface area contributed by atoms with Crippen LogP contribution in [0.15, 0.2) is 107 Å². The third kappa shape index (κ3) is 8.30. The molecule has 0 radical (unpaired) electrons. The molecule has 1 unspecified atom stereocenters. The van der Waals surface area contributed by atoms with E-state index in [2.05, 4.69) is 14.9 Å². The van der Waals surface area contributed by atoms with Crippen molar-refractivity contribution in [1.82, 2.24) is 24.1 Å². The van der Waals surface area contributed by atoms with Crippen LogP contribution in [0.3, 0.4) is 0 Å². The molecule has 3 heterocycles. The summed E-state index contributed by atoms with van der Waals surface area (Å²) in [6.45, 7) is 7.52. The van der Waals surface area contributed by atoms with Gasteiger partial charge < -0.3 is 13.8 Å². The minimum Gasteiger partial charge on any atom is -0.444 e. The number of pyridine rings is 2. The number of benzene rings is 3. The molecular weight excluding hydrogens is 691 g/mol. The van der Waals surface area contributed by atoms with Gasteiger partial charge >= 0.3 is 16.2 Å². The number of aromatic nitrogens is 2. The van der Waals surface area contributed by atoms with Crippen LogP contribution in [0.2, 0.25) is 0 Å². The van der Waals surface area contributed by atoms with Crippen LogP contribution in [-0.4, -0.2) is 98.4 Å².